The molecule has 3 rings (SSSR count). The molecule has 1 aromatic rings. The van der Waals surface area contributed by atoms with Gasteiger partial charge in [0.1, 0.15) is 5.76 Å². The molecule has 0 bridgehead atoms. The zero-order chi connectivity index (χ0) is 24.8. The molecule has 192 valence electrons. The van der Waals surface area contributed by atoms with Gasteiger partial charge in [0.2, 0.25) is 0 Å². The highest BCUT2D eigenvalue weighted by Crippen LogP contribution is 2.62. The fourth-order valence-electron chi connectivity index (χ4n) is 7.22. The molecular weight excluding hydrogens is 422 g/mol. The molecular formula is C30H49NO3. The zero-order valence-electron chi connectivity index (χ0n) is 22.6. The highest BCUT2D eigenvalue weighted by molar-refractivity contribution is 5.77. The summed E-state index contributed by atoms with van der Waals surface area (Å²) in [5.41, 5.74) is 2.46. The van der Waals surface area contributed by atoms with E-state index in [1.807, 2.05) is 6.26 Å². The van der Waals surface area contributed by atoms with Crippen LogP contribution in [0.15, 0.2) is 28.9 Å². The summed E-state index contributed by atoms with van der Waals surface area (Å²) in [7, 11) is 1.55. The van der Waals surface area contributed by atoms with Crippen molar-refractivity contribution in [3.63, 3.8) is 0 Å². The topological polar surface area (TPSA) is 42.7 Å². The molecule has 0 unspecified atom stereocenters. The second-order valence-corrected chi connectivity index (χ2v) is 11.5. The monoisotopic (exact) mass is 471 g/mol. The van der Waals surface area contributed by atoms with E-state index in [0.717, 1.165) is 63.9 Å². The third-order valence-corrected chi connectivity index (χ3v) is 9.23. The van der Waals surface area contributed by atoms with Crippen molar-refractivity contribution < 1.29 is 13.9 Å². The van der Waals surface area contributed by atoms with Crippen LogP contribution in [-0.4, -0.2) is 31.1 Å². The molecule has 4 heteroatoms. The second kappa shape index (κ2) is 11.9. The van der Waals surface area contributed by atoms with Gasteiger partial charge < -0.3 is 9.15 Å². The summed E-state index contributed by atoms with van der Waals surface area (Å²) < 4.78 is 11.3. The van der Waals surface area contributed by atoms with Gasteiger partial charge in [0.25, 0.3) is 0 Å². The van der Waals surface area contributed by atoms with E-state index in [1.54, 1.807) is 7.11 Å². The molecule has 0 aliphatic heterocycles. The Morgan fingerprint density at radius 1 is 1.21 bits per heavy atom. The Morgan fingerprint density at radius 2 is 1.91 bits per heavy atom. The minimum atomic E-state index is -0.374. The number of carbonyl (C=O) groups is 1. The van der Waals surface area contributed by atoms with Crippen LogP contribution in [0, 0.1) is 22.7 Å². The number of rotatable bonds is 12. The van der Waals surface area contributed by atoms with E-state index in [9.17, 15) is 4.79 Å². The van der Waals surface area contributed by atoms with Crippen LogP contribution in [0.4, 0.5) is 0 Å². The maximum atomic E-state index is 12.9. The van der Waals surface area contributed by atoms with E-state index >= 15 is 0 Å². The number of ether oxygens (including phenoxy) is 1. The molecule has 4 nitrogen and oxygen atoms in total. The number of hydrogen-bond donors (Lipinski definition) is 0. The lowest BCUT2D eigenvalue weighted by atomic mass is 9.46. The summed E-state index contributed by atoms with van der Waals surface area (Å²) in [6, 6.07) is 2.18. The molecule has 2 aliphatic rings. The molecule has 2 fully saturated rings. The first kappa shape index (κ1) is 27.0. The molecule has 34 heavy (non-hydrogen) atoms. The average molecular weight is 472 g/mol. The Kier molecular flexibility index (Phi) is 9.49. The minimum Gasteiger partial charge on any atom is -0.469 e. The SMILES string of the molecule is C=C1CC[C@H]2[C@](C)(CCC[C@@]2(C)C(=O)OC)[C@H]1CCc1ccoc1CN(CCCC)CCCC. The first-order chi connectivity index (χ1) is 16.3. The van der Waals surface area contributed by atoms with Gasteiger partial charge in [-0.2, -0.15) is 0 Å². The molecule has 1 heterocycles. The van der Waals surface area contributed by atoms with Crippen molar-refractivity contribution in [1.82, 2.24) is 4.90 Å². The van der Waals surface area contributed by atoms with Crippen LogP contribution in [0.3, 0.4) is 0 Å². The lowest BCUT2D eigenvalue weighted by molar-refractivity contribution is -0.168. The van der Waals surface area contributed by atoms with Crippen molar-refractivity contribution in [1.29, 1.82) is 0 Å². The summed E-state index contributed by atoms with van der Waals surface area (Å²) in [6.45, 7) is 16.8. The second-order valence-electron chi connectivity index (χ2n) is 11.5. The number of esters is 1. The van der Waals surface area contributed by atoms with Crippen LogP contribution >= 0.6 is 0 Å². The van der Waals surface area contributed by atoms with Gasteiger partial charge in [0.05, 0.1) is 25.3 Å². The number of furan rings is 1. The molecule has 0 amide bonds. The first-order valence-electron chi connectivity index (χ1n) is 13.8. The number of carbonyl (C=O) groups excluding carboxylic acids is 1. The van der Waals surface area contributed by atoms with Crippen molar-refractivity contribution >= 4 is 5.97 Å². The van der Waals surface area contributed by atoms with Crippen LogP contribution in [0.5, 0.6) is 0 Å². The summed E-state index contributed by atoms with van der Waals surface area (Å²) in [4.78, 5) is 15.4. The highest BCUT2D eigenvalue weighted by atomic mass is 16.5. The van der Waals surface area contributed by atoms with Crippen LogP contribution < -0.4 is 0 Å². The molecule has 0 N–H and O–H groups in total. The van der Waals surface area contributed by atoms with Crippen molar-refractivity contribution in [3.05, 3.63) is 35.8 Å². The normalized spacial score (nSPS) is 29.3. The number of unbranched alkanes of at least 4 members (excludes halogenated alkanes) is 2. The zero-order valence-corrected chi connectivity index (χ0v) is 22.6. The van der Waals surface area contributed by atoms with Crippen LogP contribution in [-0.2, 0) is 22.5 Å². The van der Waals surface area contributed by atoms with Crippen LogP contribution in [0.1, 0.15) is 103 Å². The van der Waals surface area contributed by atoms with E-state index in [0.29, 0.717) is 11.8 Å². The van der Waals surface area contributed by atoms with Crippen molar-refractivity contribution in [2.45, 2.75) is 105 Å². The van der Waals surface area contributed by atoms with Gasteiger partial charge >= 0.3 is 5.97 Å². The van der Waals surface area contributed by atoms with Gasteiger partial charge in [-0.05, 0) is 100 Å². The predicted molar refractivity (Wildman–Crippen MR) is 140 cm³/mol. The maximum Gasteiger partial charge on any atom is 0.311 e. The summed E-state index contributed by atoms with van der Waals surface area (Å²) in [5, 5.41) is 0. The molecule has 0 spiro atoms. The Hall–Kier alpha value is -1.55. The number of methoxy groups -OCH3 is 1. The van der Waals surface area contributed by atoms with Crippen molar-refractivity contribution in [2.75, 3.05) is 20.2 Å². The van der Waals surface area contributed by atoms with Gasteiger partial charge in [-0.25, -0.2) is 0 Å². The Balaban J connectivity index is 1.73. The molecule has 1 aromatic heterocycles. The number of hydrogen-bond acceptors (Lipinski definition) is 4. The average Bonchev–Trinajstić information content (AvgIpc) is 3.26. The van der Waals surface area contributed by atoms with Gasteiger partial charge in [-0.1, -0.05) is 52.2 Å². The summed E-state index contributed by atoms with van der Waals surface area (Å²) in [5.74, 6) is 1.91. The van der Waals surface area contributed by atoms with Gasteiger partial charge in [0.15, 0.2) is 0 Å². The van der Waals surface area contributed by atoms with Crippen LogP contribution in [0.2, 0.25) is 0 Å². The molecule has 2 saturated carbocycles. The standard InChI is InChI=1S/C30H49NO3/c1-7-9-19-31(20-10-8-2)22-26-24(16-21-34-26)13-14-25-23(3)12-15-27-29(25,4)17-11-18-30(27,5)28(32)33-6/h16,21,25,27H,3,7-15,17-20,22H2,1-2,4-6H3/t25-,27-,29+,30+/m0/s1. The largest absolute Gasteiger partial charge is 0.469 e. The van der Waals surface area contributed by atoms with Gasteiger partial charge in [0, 0.05) is 0 Å². The quantitative estimate of drug-likeness (QED) is 0.233. The highest BCUT2D eigenvalue weighted by Gasteiger charge is 2.57. The molecule has 2 aliphatic carbocycles. The maximum absolute atomic E-state index is 12.9. The van der Waals surface area contributed by atoms with E-state index in [2.05, 4.69) is 45.2 Å². The molecule has 0 saturated heterocycles. The van der Waals surface area contributed by atoms with Crippen LogP contribution in [0.25, 0.3) is 0 Å². The van der Waals surface area contributed by atoms with Gasteiger partial charge in [-0.15, -0.1) is 0 Å². The van der Waals surface area contributed by atoms with E-state index in [4.69, 9.17) is 9.15 Å². The fraction of sp³-hybridized carbons (Fsp3) is 0.767. The summed E-state index contributed by atoms with van der Waals surface area (Å²) in [6.07, 6.45) is 14.2. The van der Waals surface area contributed by atoms with E-state index < -0.39 is 0 Å². The smallest absolute Gasteiger partial charge is 0.311 e. The van der Waals surface area contributed by atoms with E-state index in [-0.39, 0.29) is 16.8 Å². The third-order valence-electron chi connectivity index (χ3n) is 9.23. The Labute approximate surface area is 208 Å². The molecule has 0 aromatic carbocycles. The number of nitrogens with zero attached hydrogens (tertiary/aromatic N) is 1. The summed E-state index contributed by atoms with van der Waals surface area (Å²) >= 11 is 0. The lowest BCUT2D eigenvalue weighted by Gasteiger charge is -2.57. The third kappa shape index (κ3) is 5.64. The predicted octanol–water partition coefficient (Wildman–Crippen LogP) is 7.57. The minimum absolute atomic E-state index is 0.0222. The number of fused-ring (bicyclic) bond motifs is 1. The number of aryl methyl sites for hydroxylation is 1. The molecule has 4 atom stereocenters. The first-order valence-corrected chi connectivity index (χ1v) is 13.8. The lowest BCUT2D eigenvalue weighted by Crippen LogP contribution is -2.53. The Morgan fingerprint density at radius 3 is 2.56 bits per heavy atom. The van der Waals surface area contributed by atoms with Crippen molar-refractivity contribution in [2.24, 2.45) is 22.7 Å². The molecule has 0 radical (unpaired) electrons. The fourth-order valence-corrected chi connectivity index (χ4v) is 7.22. The van der Waals surface area contributed by atoms with Gasteiger partial charge in [-0.3, -0.25) is 9.69 Å². The van der Waals surface area contributed by atoms with E-state index in [1.165, 1.54) is 43.2 Å². The van der Waals surface area contributed by atoms with Crippen molar-refractivity contribution in [3.8, 4) is 0 Å². The number of allylic oxidation sites excluding steroid dienone is 1. The Bertz CT molecular complexity index is 806.